The summed E-state index contributed by atoms with van der Waals surface area (Å²) in [4.78, 5) is 0. The van der Waals surface area contributed by atoms with Gasteiger partial charge < -0.3 is 20.3 Å². The second kappa shape index (κ2) is 6.68. The average molecular weight is 279 g/mol. The zero-order valence-electron chi connectivity index (χ0n) is 12.3. The van der Waals surface area contributed by atoms with Crippen LogP contribution in [-0.4, -0.2) is 42.1 Å². The maximum absolute atomic E-state index is 10.1. The van der Waals surface area contributed by atoms with Crippen LogP contribution >= 0.6 is 0 Å². The van der Waals surface area contributed by atoms with E-state index in [-0.39, 0.29) is 0 Å². The molecule has 4 nitrogen and oxygen atoms in total. The molecule has 0 aromatic heterocycles. The van der Waals surface area contributed by atoms with Crippen LogP contribution in [-0.2, 0) is 4.74 Å². The number of hydrogen-bond acceptors (Lipinski definition) is 4. The van der Waals surface area contributed by atoms with Gasteiger partial charge in [-0.25, -0.2) is 0 Å². The second-order valence-corrected chi connectivity index (χ2v) is 5.99. The number of hydrogen-bond donors (Lipinski definition) is 3. The van der Waals surface area contributed by atoms with E-state index in [0.717, 1.165) is 5.56 Å². The first-order valence-corrected chi connectivity index (χ1v) is 7.29. The molecule has 1 aliphatic heterocycles. The number of benzene rings is 1. The first-order valence-electron chi connectivity index (χ1n) is 7.29. The average Bonchev–Trinajstić information content (AvgIpc) is 2.85. The van der Waals surface area contributed by atoms with Crippen LogP contribution in [0, 0.1) is 0 Å². The minimum absolute atomic E-state index is 0.374. The van der Waals surface area contributed by atoms with Gasteiger partial charge in [-0.3, -0.25) is 0 Å². The summed E-state index contributed by atoms with van der Waals surface area (Å²) in [6.45, 7) is 6.17. The Morgan fingerprint density at radius 1 is 1.25 bits per heavy atom. The predicted octanol–water partition coefficient (Wildman–Crippen LogP) is 1.58. The highest BCUT2D eigenvalue weighted by Gasteiger charge is 2.31. The van der Waals surface area contributed by atoms with Crippen molar-refractivity contribution >= 4 is 0 Å². The molecule has 0 amide bonds. The number of nitrogens with one attached hydrogen (secondary N) is 1. The van der Waals surface area contributed by atoms with Gasteiger partial charge in [-0.15, -0.1) is 0 Å². The molecule has 112 valence electrons. The van der Waals surface area contributed by atoms with Gasteiger partial charge in [0.15, 0.2) is 0 Å². The summed E-state index contributed by atoms with van der Waals surface area (Å²) in [5.41, 5.74) is 1.39. The van der Waals surface area contributed by atoms with Crippen LogP contribution in [0.15, 0.2) is 24.3 Å². The fourth-order valence-electron chi connectivity index (χ4n) is 2.40. The molecule has 0 aliphatic carbocycles. The fraction of sp³-hybridized carbons (Fsp3) is 0.625. The quantitative estimate of drug-likeness (QED) is 0.740. The van der Waals surface area contributed by atoms with Crippen molar-refractivity contribution in [1.82, 2.24) is 5.32 Å². The third kappa shape index (κ3) is 4.03. The van der Waals surface area contributed by atoms with Gasteiger partial charge in [-0.2, -0.15) is 0 Å². The van der Waals surface area contributed by atoms with Crippen molar-refractivity contribution < 1.29 is 14.9 Å². The Balaban J connectivity index is 1.80. The Hall–Kier alpha value is -0.940. The third-order valence-corrected chi connectivity index (χ3v) is 3.86. The summed E-state index contributed by atoms with van der Waals surface area (Å²) in [6, 6.07) is 8.05. The summed E-state index contributed by atoms with van der Waals surface area (Å²) < 4.78 is 5.19. The predicted molar refractivity (Wildman–Crippen MR) is 78.7 cm³/mol. The Bertz CT molecular complexity index is 410. The largest absolute Gasteiger partial charge is 0.387 e. The molecule has 1 aliphatic rings. The lowest BCUT2D eigenvalue weighted by Crippen LogP contribution is -2.42. The van der Waals surface area contributed by atoms with Crippen molar-refractivity contribution in [1.29, 1.82) is 0 Å². The monoisotopic (exact) mass is 279 g/mol. The molecule has 0 spiro atoms. The van der Waals surface area contributed by atoms with E-state index >= 15 is 0 Å². The van der Waals surface area contributed by atoms with Crippen molar-refractivity contribution in [2.24, 2.45) is 0 Å². The SMILES string of the molecule is CC(C)c1ccc(C(O)CNCC2(O)CCOC2)cc1. The first kappa shape index (κ1) is 15.4. The van der Waals surface area contributed by atoms with Crippen molar-refractivity contribution in [2.75, 3.05) is 26.3 Å². The van der Waals surface area contributed by atoms with Crippen LogP contribution in [0.25, 0.3) is 0 Å². The van der Waals surface area contributed by atoms with E-state index in [4.69, 9.17) is 4.74 Å². The van der Waals surface area contributed by atoms with Crippen molar-refractivity contribution in [3.8, 4) is 0 Å². The summed E-state index contributed by atoms with van der Waals surface area (Å²) in [6.07, 6.45) is 0.0984. The molecule has 1 fully saturated rings. The van der Waals surface area contributed by atoms with E-state index < -0.39 is 11.7 Å². The van der Waals surface area contributed by atoms with Crippen LogP contribution in [0.4, 0.5) is 0 Å². The Morgan fingerprint density at radius 2 is 1.90 bits per heavy atom. The van der Waals surface area contributed by atoms with E-state index in [9.17, 15) is 10.2 Å². The van der Waals surface area contributed by atoms with E-state index in [1.807, 2.05) is 12.1 Å². The zero-order valence-corrected chi connectivity index (χ0v) is 12.3. The molecule has 0 radical (unpaired) electrons. The summed E-state index contributed by atoms with van der Waals surface area (Å²) >= 11 is 0. The number of ether oxygens (including phenoxy) is 1. The zero-order chi connectivity index (χ0) is 14.6. The molecule has 1 saturated heterocycles. The number of aliphatic hydroxyl groups excluding tert-OH is 1. The van der Waals surface area contributed by atoms with Crippen LogP contribution in [0.1, 0.15) is 43.4 Å². The second-order valence-electron chi connectivity index (χ2n) is 5.99. The lowest BCUT2D eigenvalue weighted by Gasteiger charge is -2.22. The maximum atomic E-state index is 10.1. The molecule has 20 heavy (non-hydrogen) atoms. The van der Waals surface area contributed by atoms with Crippen LogP contribution in [0.3, 0.4) is 0 Å². The van der Waals surface area contributed by atoms with Gasteiger partial charge in [0.05, 0.1) is 12.7 Å². The molecule has 2 atom stereocenters. The van der Waals surface area contributed by atoms with E-state index in [1.165, 1.54) is 5.56 Å². The molecule has 1 aromatic carbocycles. The maximum Gasteiger partial charge on any atom is 0.102 e. The summed E-state index contributed by atoms with van der Waals surface area (Å²) in [7, 11) is 0. The van der Waals surface area contributed by atoms with Gasteiger partial charge in [0.1, 0.15) is 5.60 Å². The molecule has 1 aromatic rings. The van der Waals surface area contributed by atoms with Crippen molar-refractivity contribution in [3.05, 3.63) is 35.4 Å². The summed E-state index contributed by atoms with van der Waals surface area (Å²) in [5.74, 6) is 0.496. The van der Waals surface area contributed by atoms with Gasteiger partial charge in [0.25, 0.3) is 0 Å². The van der Waals surface area contributed by atoms with Crippen molar-refractivity contribution in [3.63, 3.8) is 0 Å². The minimum atomic E-state index is -0.777. The van der Waals surface area contributed by atoms with E-state index in [1.54, 1.807) is 0 Å². The summed E-state index contributed by atoms with van der Waals surface area (Å²) in [5, 5.41) is 23.4. The number of rotatable bonds is 6. The molecule has 2 unspecified atom stereocenters. The first-order chi connectivity index (χ1) is 9.50. The standard InChI is InChI=1S/C16H25NO3/c1-12(2)13-3-5-14(6-4-13)15(18)9-17-10-16(19)7-8-20-11-16/h3-6,12,15,17-19H,7-11H2,1-2H3. The minimum Gasteiger partial charge on any atom is -0.387 e. The molecular weight excluding hydrogens is 254 g/mol. The van der Waals surface area contributed by atoms with E-state index in [0.29, 0.717) is 38.6 Å². The third-order valence-electron chi connectivity index (χ3n) is 3.86. The smallest absolute Gasteiger partial charge is 0.102 e. The topological polar surface area (TPSA) is 61.7 Å². The number of aliphatic hydroxyl groups is 2. The molecule has 3 N–H and O–H groups in total. The lowest BCUT2D eigenvalue weighted by atomic mass is 9.99. The van der Waals surface area contributed by atoms with E-state index in [2.05, 4.69) is 31.3 Å². The highest BCUT2D eigenvalue weighted by molar-refractivity contribution is 5.26. The Kier molecular flexibility index (Phi) is 5.16. The van der Waals surface area contributed by atoms with Crippen molar-refractivity contribution in [2.45, 2.75) is 37.9 Å². The normalized spacial score (nSPS) is 24.2. The molecular formula is C16H25NO3. The van der Waals surface area contributed by atoms with Gasteiger partial charge in [0, 0.05) is 26.1 Å². The van der Waals surface area contributed by atoms with Gasteiger partial charge in [-0.05, 0) is 17.0 Å². The van der Waals surface area contributed by atoms with Gasteiger partial charge >= 0.3 is 0 Å². The molecule has 4 heteroatoms. The van der Waals surface area contributed by atoms with Crippen LogP contribution < -0.4 is 5.32 Å². The Labute approximate surface area is 120 Å². The van der Waals surface area contributed by atoms with Gasteiger partial charge in [-0.1, -0.05) is 38.1 Å². The van der Waals surface area contributed by atoms with Gasteiger partial charge in [0.2, 0.25) is 0 Å². The molecule has 1 heterocycles. The highest BCUT2D eigenvalue weighted by Crippen LogP contribution is 2.19. The Morgan fingerprint density at radius 3 is 2.45 bits per heavy atom. The highest BCUT2D eigenvalue weighted by atomic mass is 16.5. The molecule has 0 bridgehead atoms. The van der Waals surface area contributed by atoms with Crippen LogP contribution in [0.2, 0.25) is 0 Å². The van der Waals surface area contributed by atoms with Crippen LogP contribution in [0.5, 0.6) is 0 Å². The molecule has 2 rings (SSSR count). The molecule has 0 saturated carbocycles. The lowest BCUT2D eigenvalue weighted by molar-refractivity contribution is 0.0244. The fourth-order valence-corrected chi connectivity index (χ4v) is 2.40.